The first-order valence-corrected chi connectivity index (χ1v) is 4.95. The van der Waals surface area contributed by atoms with Gasteiger partial charge in [0.1, 0.15) is 5.01 Å². The maximum Gasteiger partial charge on any atom is 0.234 e. The summed E-state index contributed by atoms with van der Waals surface area (Å²) < 4.78 is 1.82. The monoisotopic (exact) mass is 197 g/mol. The molecule has 6 heteroatoms. The van der Waals surface area contributed by atoms with Crippen molar-refractivity contribution in [3.05, 3.63) is 10.8 Å². The number of fused-ring (bicyclic) bond motifs is 1. The Kier molecular flexibility index (Phi) is 2.24. The highest BCUT2D eigenvalue weighted by Gasteiger charge is 2.08. The molecule has 0 aliphatic carbocycles. The number of aryl methyl sites for hydroxylation is 1. The first-order chi connectivity index (χ1) is 6.31. The molecule has 0 radical (unpaired) electrons. The van der Waals surface area contributed by atoms with Gasteiger partial charge in [0.05, 0.1) is 0 Å². The number of rotatable bonds is 3. The van der Waals surface area contributed by atoms with Crippen molar-refractivity contribution in [2.24, 2.45) is 0 Å². The molecule has 0 spiro atoms. The van der Waals surface area contributed by atoms with Crippen molar-refractivity contribution in [1.82, 2.24) is 25.1 Å². The summed E-state index contributed by atoms with van der Waals surface area (Å²) >= 11 is 1.56. The van der Waals surface area contributed by atoms with E-state index in [1.807, 2.05) is 18.5 Å². The summed E-state index contributed by atoms with van der Waals surface area (Å²) in [5.74, 6) is 0.925. The molecular weight excluding hydrogens is 186 g/mol. The van der Waals surface area contributed by atoms with Crippen LogP contribution in [0.4, 0.5) is 0 Å². The maximum absolute atomic E-state index is 4.31. The van der Waals surface area contributed by atoms with E-state index in [0.717, 1.165) is 28.8 Å². The fourth-order valence-electron chi connectivity index (χ4n) is 1.15. The van der Waals surface area contributed by atoms with Gasteiger partial charge in [0.2, 0.25) is 4.96 Å². The van der Waals surface area contributed by atoms with Crippen LogP contribution in [0.3, 0.4) is 0 Å². The van der Waals surface area contributed by atoms with Crippen LogP contribution in [0.25, 0.3) is 4.96 Å². The summed E-state index contributed by atoms with van der Waals surface area (Å²) in [5.41, 5.74) is 0. The van der Waals surface area contributed by atoms with Gasteiger partial charge in [-0.1, -0.05) is 11.3 Å². The summed E-state index contributed by atoms with van der Waals surface area (Å²) in [6.45, 7) is 2.87. The van der Waals surface area contributed by atoms with Crippen molar-refractivity contribution in [3.63, 3.8) is 0 Å². The van der Waals surface area contributed by atoms with Crippen LogP contribution in [0.1, 0.15) is 10.8 Å². The Bertz CT molecular complexity index is 404. The van der Waals surface area contributed by atoms with Gasteiger partial charge in [-0.2, -0.15) is 9.61 Å². The molecule has 13 heavy (non-hydrogen) atoms. The van der Waals surface area contributed by atoms with Gasteiger partial charge in [-0.15, -0.1) is 10.2 Å². The minimum atomic E-state index is 0.862. The average molecular weight is 197 g/mol. The normalized spacial score (nSPS) is 11.2. The van der Waals surface area contributed by atoms with Crippen molar-refractivity contribution in [1.29, 1.82) is 0 Å². The molecule has 0 unspecified atom stereocenters. The third-order valence-electron chi connectivity index (χ3n) is 1.76. The van der Waals surface area contributed by atoms with Crippen LogP contribution in [0.2, 0.25) is 0 Å². The average Bonchev–Trinajstić information content (AvgIpc) is 2.61. The molecule has 70 valence electrons. The molecule has 0 atom stereocenters. The lowest BCUT2D eigenvalue weighted by molar-refractivity contribution is 0.725. The molecule has 0 aliphatic rings. The highest BCUT2D eigenvalue weighted by atomic mass is 32.1. The van der Waals surface area contributed by atoms with Crippen LogP contribution in [-0.4, -0.2) is 33.4 Å². The summed E-state index contributed by atoms with van der Waals surface area (Å²) in [5, 5.41) is 16.5. The highest BCUT2D eigenvalue weighted by molar-refractivity contribution is 7.16. The molecule has 1 N–H and O–H groups in total. The Morgan fingerprint density at radius 3 is 3.08 bits per heavy atom. The summed E-state index contributed by atoms with van der Waals surface area (Å²) in [6, 6.07) is 0. The third kappa shape index (κ3) is 1.54. The number of nitrogens with one attached hydrogen (secondary N) is 1. The fourth-order valence-corrected chi connectivity index (χ4v) is 1.85. The van der Waals surface area contributed by atoms with Crippen molar-refractivity contribution in [3.8, 4) is 0 Å². The summed E-state index contributed by atoms with van der Waals surface area (Å²) in [6.07, 6.45) is 0.862. The van der Waals surface area contributed by atoms with E-state index < -0.39 is 0 Å². The molecule has 2 heterocycles. The van der Waals surface area contributed by atoms with Crippen molar-refractivity contribution < 1.29 is 0 Å². The standard InChI is InChI=1S/C7H11N5S/c1-5-11-12-6(3-4-8-2)9-10-7(12)13-5/h8H,3-4H2,1-2H3. The van der Waals surface area contributed by atoms with Crippen LogP contribution in [0.15, 0.2) is 0 Å². The van der Waals surface area contributed by atoms with Gasteiger partial charge in [0.25, 0.3) is 0 Å². The van der Waals surface area contributed by atoms with Gasteiger partial charge in [-0.3, -0.25) is 0 Å². The molecule has 2 aromatic rings. The summed E-state index contributed by atoms with van der Waals surface area (Å²) in [4.78, 5) is 0.878. The number of nitrogens with zero attached hydrogens (tertiary/aromatic N) is 4. The van der Waals surface area contributed by atoms with Crippen molar-refractivity contribution in [2.75, 3.05) is 13.6 Å². The van der Waals surface area contributed by atoms with E-state index in [0.29, 0.717) is 0 Å². The predicted octanol–water partition coefficient (Wildman–Crippen LogP) is 0.256. The molecule has 0 amide bonds. The fraction of sp³-hybridized carbons (Fsp3) is 0.571. The number of hydrogen-bond donors (Lipinski definition) is 1. The van der Waals surface area contributed by atoms with E-state index >= 15 is 0 Å². The largest absolute Gasteiger partial charge is 0.319 e. The quantitative estimate of drug-likeness (QED) is 0.766. The third-order valence-corrected chi connectivity index (χ3v) is 2.57. The zero-order valence-electron chi connectivity index (χ0n) is 7.61. The minimum absolute atomic E-state index is 0.862. The zero-order chi connectivity index (χ0) is 9.26. The van der Waals surface area contributed by atoms with E-state index in [4.69, 9.17) is 0 Å². The molecule has 5 nitrogen and oxygen atoms in total. The van der Waals surface area contributed by atoms with Crippen LogP contribution < -0.4 is 5.32 Å². The predicted molar refractivity (Wildman–Crippen MR) is 51.0 cm³/mol. The molecule has 0 aromatic carbocycles. The van der Waals surface area contributed by atoms with E-state index in [2.05, 4.69) is 20.6 Å². The Morgan fingerprint density at radius 1 is 1.46 bits per heavy atom. The first kappa shape index (κ1) is 8.58. The summed E-state index contributed by atoms with van der Waals surface area (Å²) in [7, 11) is 1.92. The molecule has 0 saturated carbocycles. The lowest BCUT2D eigenvalue weighted by atomic mass is 10.4. The van der Waals surface area contributed by atoms with Crippen LogP contribution >= 0.6 is 11.3 Å². The van der Waals surface area contributed by atoms with Gasteiger partial charge >= 0.3 is 0 Å². The van der Waals surface area contributed by atoms with Gasteiger partial charge in [-0.25, -0.2) is 0 Å². The van der Waals surface area contributed by atoms with E-state index in [1.54, 1.807) is 11.3 Å². The minimum Gasteiger partial charge on any atom is -0.319 e. The smallest absolute Gasteiger partial charge is 0.234 e. The topological polar surface area (TPSA) is 55.1 Å². The van der Waals surface area contributed by atoms with Crippen molar-refractivity contribution >= 4 is 16.3 Å². The van der Waals surface area contributed by atoms with Gasteiger partial charge < -0.3 is 5.32 Å². The van der Waals surface area contributed by atoms with Crippen LogP contribution in [0, 0.1) is 6.92 Å². The number of aromatic nitrogens is 4. The van der Waals surface area contributed by atoms with Crippen LogP contribution in [0.5, 0.6) is 0 Å². The van der Waals surface area contributed by atoms with Gasteiger partial charge in [0.15, 0.2) is 5.82 Å². The lowest BCUT2D eigenvalue weighted by Crippen LogP contribution is -2.12. The van der Waals surface area contributed by atoms with Crippen LogP contribution in [-0.2, 0) is 6.42 Å². The SMILES string of the molecule is CNCCc1nnc2sc(C)nn12. The highest BCUT2D eigenvalue weighted by Crippen LogP contribution is 2.12. The lowest BCUT2D eigenvalue weighted by Gasteiger charge is -1.94. The van der Waals surface area contributed by atoms with E-state index in [9.17, 15) is 0 Å². The molecule has 0 saturated heterocycles. The van der Waals surface area contributed by atoms with Gasteiger partial charge in [-0.05, 0) is 14.0 Å². The second kappa shape index (κ2) is 3.39. The first-order valence-electron chi connectivity index (χ1n) is 4.13. The molecule has 0 fully saturated rings. The zero-order valence-corrected chi connectivity index (χ0v) is 8.43. The van der Waals surface area contributed by atoms with E-state index in [-0.39, 0.29) is 0 Å². The number of hydrogen-bond acceptors (Lipinski definition) is 5. The molecule has 0 bridgehead atoms. The Balaban J connectivity index is 2.33. The maximum atomic E-state index is 4.31. The molecule has 0 aliphatic heterocycles. The molecular formula is C7H11N5S. The second-order valence-corrected chi connectivity index (χ2v) is 3.95. The molecule has 2 aromatic heterocycles. The van der Waals surface area contributed by atoms with E-state index in [1.165, 1.54) is 0 Å². The Hall–Kier alpha value is -1.01. The second-order valence-electron chi connectivity index (χ2n) is 2.79. The van der Waals surface area contributed by atoms with Gasteiger partial charge in [0, 0.05) is 13.0 Å². The Morgan fingerprint density at radius 2 is 2.31 bits per heavy atom. The van der Waals surface area contributed by atoms with Crippen molar-refractivity contribution in [2.45, 2.75) is 13.3 Å². The molecule has 2 rings (SSSR count). The Labute approximate surface area is 79.8 Å². The number of likely N-dealkylation sites (N-methyl/N-ethyl adjacent to an activating group) is 1.